The second kappa shape index (κ2) is 9.75. The fourth-order valence-electron chi connectivity index (χ4n) is 2.71. The molecule has 0 saturated carbocycles. The molecule has 6 heteroatoms. The predicted octanol–water partition coefficient (Wildman–Crippen LogP) is 5.72. The van der Waals surface area contributed by atoms with Gasteiger partial charge in [0.25, 0.3) is 0 Å². The van der Waals surface area contributed by atoms with Crippen molar-refractivity contribution in [1.82, 2.24) is 0 Å². The van der Waals surface area contributed by atoms with Gasteiger partial charge in [0.1, 0.15) is 18.6 Å². The van der Waals surface area contributed by atoms with E-state index in [1.807, 2.05) is 55.5 Å². The van der Waals surface area contributed by atoms with Crippen LogP contribution in [0.3, 0.4) is 0 Å². The maximum absolute atomic E-state index is 13.3. The molecule has 146 valence electrons. The highest BCUT2D eigenvalue weighted by molar-refractivity contribution is 6.30. The first-order valence-corrected chi connectivity index (χ1v) is 9.26. The van der Waals surface area contributed by atoms with Gasteiger partial charge in [-0.05, 0) is 48.9 Å². The predicted molar refractivity (Wildman–Crippen MR) is 117 cm³/mol. The third kappa shape index (κ3) is 5.36. The van der Waals surface area contributed by atoms with Crippen LogP contribution in [0.15, 0.2) is 88.2 Å². The third-order valence-corrected chi connectivity index (χ3v) is 4.43. The molecule has 0 aliphatic heterocycles. The van der Waals surface area contributed by atoms with Gasteiger partial charge in [0.2, 0.25) is 0 Å². The fraction of sp³-hybridized carbons (Fsp3) is 0.0870. The second-order valence-electron chi connectivity index (χ2n) is 6.15. The lowest BCUT2D eigenvalue weighted by Gasteiger charge is -2.09. The van der Waals surface area contributed by atoms with Crippen LogP contribution in [-0.2, 0) is 4.84 Å². The highest BCUT2D eigenvalue weighted by Gasteiger charge is 2.12. The van der Waals surface area contributed by atoms with Gasteiger partial charge in [-0.3, -0.25) is 0 Å². The van der Waals surface area contributed by atoms with Crippen LogP contribution in [0.1, 0.15) is 29.2 Å². The van der Waals surface area contributed by atoms with Crippen molar-refractivity contribution < 1.29 is 9.23 Å². The van der Waals surface area contributed by atoms with Gasteiger partial charge in [0.15, 0.2) is 0 Å². The molecular formula is C23H19ClFN3O. The topological polar surface area (TPSA) is 46.3 Å². The Morgan fingerprint density at radius 2 is 1.59 bits per heavy atom. The van der Waals surface area contributed by atoms with Crippen molar-refractivity contribution in [3.63, 3.8) is 0 Å². The molecule has 0 aromatic heterocycles. The molecule has 0 radical (unpaired) electrons. The summed E-state index contributed by atoms with van der Waals surface area (Å²) in [6.07, 6.45) is 1.66. The summed E-state index contributed by atoms with van der Waals surface area (Å²) in [5.41, 5.74) is 4.61. The van der Waals surface area contributed by atoms with Crippen molar-refractivity contribution in [1.29, 1.82) is 0 Å². The van der Waals surface area contributed by atoms with E-state index in [1.54, 1.807) is 18.3 Å². The first-order chi connectivity index (χ1) is 14.1. The monoisotopic (exact) mass is 407 g/mol. The molecule has 0 N–H and O–H groups in total. The molecule has 0 unspecified atom stereocenters. The standard InChI is InChI=1S/C23H19ClFN3O/c1-16(17-7-11-20(24)12-8-17)27-26-15-19-5-3-4-6-22(19)23(28-29-2)18-9-13-21(25)14-10-18/h3-15H,1-2H3. The van der Waals surface area contributed by atoms with E-state index in [0.29, 0.717) is 10.7 Å². The van der Waals surface area contributed by atoms with E-state index in [2.05, 4.69) is 15.4 Å². The van der Waals surface area contributed by atoms with E-state index >= 15 is 0 Å². The lowest BCUT2D eigenvalue weighted by Crippen LogP contribution is -2.07. The number of hydrogen-bond donors (Lipinski definition) is 0. The number of hydrogen-bond acceptors (Lipinski definition) is 4. The van der Waals surface area contributed by atoms with Gasteiger partial charge < -0.3 is 4.84 Å². The lowest BCUT2D eigenvalue weighted by molar-refractivity contribution is 0.214. The Labute approximate surface area is 174 Å². The number of rotatable bonds is 6. The normalized spacial score (nSPS) is 12.4. The zero-order valence-electron chi connectivity index (χ0n) is 16.0. The summed E-state index contributed by atoms with van der Waals surface area (Å²) in [7, 11) is 1.47. The zero-order valence-corrected chi connectivity index (χ0v) is 16.8. The second-order valence-corrected chi connectivity index (χ2v) is 6.59. The van der Waals surface area contributed by atoms with Crippen molar-refractivity contribution in [2.24, 2.45) is 15.4 Å². The van der Waals surface area contributed by atoms with Crippen LogP contribution < -0.4 is 0 Å². The Morgan fingerprint density at radius 1 is 0.931 bits per heavy atom. The molecular weight excluding hydrogens is 389 g/mol. The number of oxime groups is 1. The summed E-state index contributed by atoms with van der Waals surface area (Å²) in [4.78, 5) is 5.02. The van der Waals surface area contributed by atoms with Gasteiger partial charge in [0.05, 0.1) is 11.9 Å². The quantitative estimate of drug-likeness (QED) is 0.380. The molecule has 0 amide bonds. The summed E-state index contributed by atoms with van der Waals surface area (Å²) < 4.78 is 13.3. The maximum Gasteiger partial charge on any atom is 0.123 e. The Balaban J connectivity index is 1.92. The molecule has 0 bridgehead atoms. The average Bonchev–Trinajstić information content (AvgIpc) is 2.74. The molecule has 3 rings (SSSR count). The Morgan fingerprint density at radius 3 is 2.28 bits per heavy atom. The minimum Gasteiger partial charge on any atom is -0.399 e. The highest BCUT2D eigenvalue weighted by Crippen LogP contribution is 2.16. The first kappa shape index (κ1) is 20.4. The number of halogens is 2. The van der Waals surface area contributed by atoms with E-state index < -0.39 is 0 Å². The average molecular weight is 408 g/mol. The fourth-order valence-corrected chi connectivity index (χ4v) is 2.83. The van der Waals surface area contributed by atoms with Crippen LogP contribution in [0.25, 0.3) is 0 Å². The van der Waals surface area contributed by atoms with Crippen molar-refractivity contribution in [3.05, 3.63) is 106 Å². The molecule has 0 saturated heterocycles. The SMILES string of the molecule is CON=C(c1ccc(F)cc1)c1ccccc1C=NN=C(C)c1ccc(Cl)cc1. The van der Waals surface area contributed by atoms with Crippen molar-refractivity contribution >= 4 is 29.2 Å². The van der Waals surface area contributed by atoms with Crippen LogP contribution in [0.2, 0.25) is 5.02 Å². The Bertz CT molecular complexity index is 1060. The summed E-state index contributed by atoms with van der Waals surface area (Å²) in [5, 5.41) is 13.3. The molecule has 29 heavy (non-hydrogen) atoms. The van der Waals surface area contributed by atoms with Gasteiger partial charge in [-0.1, -0.05) is 53.2 Å². The van der Waals surface area contributed by atoms with Crippen molar-refractivity contribution in [2.75, 3.05) is 7.11 Å². The van der Waals surface area contributed by atoms with Crippen LogP contribution in [0, 0.1) is 5.82 Å². The van der Waals surface area contributed by atoms with E-state index in [1.165, 1.54) is 19.2 Å². The Hall–Kier alpha value is -3.31. The van der Waals surface area contributed by atoms with E-state index in [-0.39, 0.29) is 5.82 Å². The van der Waals surface area contributed by atoms with Gasteiger partial charge in [0, 0.05) is 21.7 Å². The van der Waals surface area contributed by atoms with Crippen LogP contribution >= 0.6 is 11.6 Å². The molecule has 0 heterocycles. The van der Waals surface area contributed by atoms with E-state index in [4.69, 9.17) is 16.4 Å². The molecule has 0 atom stereocenters. The lowest BCUT2D eigenvalue weighted by atomic mass is 9.98. The molecule has 0 spiro atoms. The molecule has 0 fully saturated rings. The van der Waals surface area contributed by atoms with Gasteiger partial charge in [-0.15, -0.1) is 0 Å². The van der Waals surface area contributed by atoms with Crippen molar-refractivity contribution in [2.45, 2.75) is 6.92 Å². The van der Waals surface area contributed by atoms with Crippen LogP contribution in [-0.4, -0.2) is 24.7 Å². The number of nitrogens with zero attached hydrogens (tertiary/aromatic N) is 3. The smallest absolute Gasteiger partial charge is 0.123 e. The zero-order chi connectivity index (χ0) is 20.6. The molecule has 0 aliphatic carbocycles. The van der Waals surface area contributed by atoms with E-state index in [9.17, 15) is 4.39 Å². The van der Waals surface area contributed by atoms with Gasteiger partial charge in [-0.25, -0.2) is 4.39 Å². The van der Waals surface area contributed by atoms with Gasteiger partial charge in [-0.2, -0.15) is 10.2 Å². The summed E-state index contributed by atoms with van der Waals surface area (Å²) in [6.45, 7) is 1.88. The largest absolute Gasteiger partial charge is 0.399 e. The van der Waals surface area contributed by atoms with Gasteiger partial charge >= 0.3 is 0 Å². The van der Waals surface area contributed by atoms with Crippen LogP contribution in [0.5, 0.6) is 0 Å². The van der Waals surface area contributed by atoms with E-state index in [0.717, 1.165) is 28.0 Å². The number of benzene rings is 3. The first-order valence-electron chi connectivity index (χ1n) is 8.88. The van der Waals surface area contributed by atoms with Crippen molar-refractivity contribution in [3.8, 4) is 0 Å². The summed E-state index contributed by atoms with van der Waals surface area (Å²) >= 11 is 5.92. The maximum atomic E-state index is 13.3. The third-order valence-electron chi connectivity index (χ3n) is 4.18. The molecule has 4 nitrogen and oxygen atoms in total. The molecule has 3 aromatic carbocycles. The molecule has 0 aliphatic rings. The highest BCUT2D eigenvalue weighted by atomic mass is 35.5. The minimum absolute atomic E-state index is 0.313. The van der Waals surface area contributed by atoms with Crippen LogP contribution in [0.4, 0.5) is 4.39 Å². The summed E-state index contributed by atoms with van der Waals surface area (Å²) in [6, 6.07) is 21.1. The molecule has 3 aromatic rings. The Kier molecular flexibility index (Phi) is 6.87. The summed E-state index contributed by atoms with van der Waals surface area (Å²) in [5.74, 6) is -0.313. The minimum atomic E-state index is -0.313.